The molecule has 1 saturated heterocycles. The zero-order valence-electron chi connectivity index (χ0n) is 13.2. The summed E-state index contributed by atoms with van der Waals surface area (Å²) < 4.78 is 0. The average molecular weight is 266 g/mol. The Kier molecular flexibility index (Phi) is 6.66. The van der Waals surface area contributed by atoms with Gasteiger partial charge in [-0.1, -0.05) is 33.1 Å². The van der Waals surface area contributed by atoms with Gasteiger partial charge >= 0.3 is 0 Å². The van der Waals surface area contributed by atoms with Crippen molar-refractivity contribution in [3.63, 3.8) is 0 Å². The van der Waals surface area contributed by atoms with Crippen LogP contribution in [0.1, 0.15) is 65.2 Å². The monoisotopic (exact) mass is 266 g/mol. The van der Waals surface area contributed by atoms with Crippen molar-refractivity contribution in [2.45, 2.75) is 71.3 Å². The first-order valence-corrected chi connectivity index (χ1v) is 8.77. The van der Waals surface area contributed by atoms with Crippen molar-refractivity contribution in [3.8, 4) is 0 Å². The summed E-state index contributed by atoms with van der Waals surface area (Å²) in [5.41, 5.74) is 0. The van der Waals surface area contributed by atoms with Crippen molar-refractivity contribution < 1.29 is 0 Å². The van der Waals surface area contributed by atoms with E-state index in [4.69, 9.17) is 0 Å². The maximum absolute atomic E-state index is 3.77. The van der Waals surface area contributed by atoms with Crippen molar-refractivity contribution in [3.05, 3.63) is 0 Å². The molecule has 1 heterocycles. The molecule has 0 amide bonds. The molecule has 0 aromatic heterocycles. The first-order valence-electron chi connectivity index (χ1n) is 8.77. The standard InChI is InChI=1S/C17H34N2/c1-3-7-16-11-17(18-10-4-2)14-19(13-16)12-15-8-5-6-9-15/h15-18H,3-14H2,1-2H3. The van der Waals surface area contributed by atoms with E-state index in [0.29, 0.717) is 0 Å². The first-order chi connectivity index (χ1) is 9.31. The molecular formula is C17H34N2. The predicted molar refractivity (Wildman–Crippen MR) is 83.5 cm³/mol. The lowest BCUT2D eigenvalue weighted by molar-refractivity contribution is 0.118. The normalized spacial score (nSPS) is 30.0. The van der Waals surface area contributed by atoms with Gasteiger partial charge in [0.05, 0.1) is 0 Å². The smallest absolute Gasteiger partial charge is 0.0198 e. The Hall–Kier alpha value is -0.0800. The van der Waals surface area contributed by atoms with Crippen LogP contribution in [0.5, 0.6) is 0 Å². The molecule has 2 heteroatoms. The summed E-state index contributed by atoms with van der Waals surface area (Å²) in [6.07, 6.45) is 11.4. The van der Waals surface area contributed by atoms with Gasteiger partial charge in [0, 0.05) is 25.7 Å². The molecule has 0 spiro atoms. The minimum absolute atomic E-state index is 0.756. The van der Waals surface area contributed by atoms with Crippen molar-refractivity contribution in [1.82, 2.24) is 10.2 Å². The van der Waals surface area contributed by atoms with E-state index in [1.807, 2.05) is 0 Å². The molecule has 0 bridgehead atoms. The van der Waals surface area contributed by atoms with Crippen LogP contribution in [-0.4, -0.2) is 37.1 Å². The van der Waals surface area contributed by atoms with Gasteiger partial charge < -0.3 is 10.2 Å². The summed E-state index contributed by atoms with van der Waals surface area (Å²) in [4.78, 5) is 2.78. The van der Waals surface area contributed by atoms with Crippen molar-refractivity contribution >= 4 is 0 Å². The van der Waals surface area contributed by atoms with E-state index in [1.165, 1.54) is 77.5 Å². The zero-order valence-corrected chi connectivity index (χ0v) is 13.2. The van der Waals surface area contributed by atoms with Crippen LogP contribution in [0.15, 0.2) is 0 Å². The average Bonchev–Trinajstić information content (AvgIpc) is 2.89. The predicted octanol–water partition coefficient (Wildman–Crippen LogP) is 3.67. The third-order valence-electron chi connectivity index (χ3n) is 4.98. The number of nitrogens with one attached hydrogen (secondary N) is 1. The molecule has 1 saturated carbocycles. The zero-order chi connectivity index (χ0) is 13.5. The molecule has 0 aromatic rings. The highest BCUT2D eigenvalue weighted by atomic mass is 15.2. The maximum atomic E-state index is 3.77. The fraction of sp³-hybridized carbons (Fsp3) is 1.00. The molecule has 2 nitrogen and oxygen atoms in total. The third-order valence-corrected chi connectivity index (χ3v) is 4.98. The van der Waals surface area contributed by atoms with Crippen molar-refractivity contribution in [1.29, 1.82) is 0 Å². The Morgan fingerprint density at radius 3 is 2.47 bits per heavy atom. The Morgan fingerprint density at radius 2 is 1.79 bits per heavy atom. The molecule has 2 unspecified atom stereocenters. The van der Waals surface area contributed by atoms with Gasteiger partial charge in [-0.25, -0.2) is 0 Å². The van der Waals surface area contributed by atoms with Gasteiger partial charge in [-0.05, 0) is 50.5 Å². The van der Waals surface area contributed by atoms with E-state index < -0.39 is 0 Å². The number of nitrogens with zero attached hydrogens (tertiary/aromatic N) is 1. The minimum Gasteiger partial charge on any atom is -0.313 e. The van der Waals surface area contributed by atoms with Crippen LogP contribution >= 0.6 is 0 Å². The number of piperidine rings is 1. The number of hydrogen-bond donors (Lipinski definition) is 1. The van der Waals surface area contributed by atoms with Gasteiger partial charge in [-0.2, -0.15) is 0 Å². The van der Waals surface area contributed by atoms with Gasteiger partial charge in [0.15, 0.2) is 0 Å². The second-order valence-corrected chi connectivity index (χ2v) is 6.91. The second-order valence-electron chi connectivity index (χ2n) is 6.91. The molecular weight excluding hydrogens is 232 g/mol. The summed E-state index contributed by atoms with van der Waals surface area (Å²) in [6, 6.07) is 0.756. The molecule has 0 radical (unpaired) electrons. The molecule has 1 aliphatic heterocycles. The fourth-order valence-corrected chi connectivity index (χ4v) is 4.12. The number of rotatable bonds is 7. The van der Waals surface area contributed by atoms with Crippen molar-refractivity contribution in [2.75, 3.05) is 26.2 Å². The van der Waals surface area contributed by atoms with Crippen LogP contribution < -0.4 is 5.32 Å². The summed E-state index contributed by atoms with van der Waals surface area (Å²) in [5.74, 6) is 1.95. The highest BCUT2D eigenvalue weighted by molar-refractivity contribution is 4.85. The largest absolute Gasteiger partial charge is 0.313 e. The topological polar surface area (TPSA) is 15.3 Å². The number of likely N-dealkylation sites (tertiary alicyclic amines) is 1. The molecule has 0 aromatic carbocycles. The van der Waals surface area contributed by atoms with Gasteiger partial charge in [-0.3, -0.25) is 0 Å². The molecule has 2 atom stereocenters. The Labute approximate surface area is 120 Å². The van der Waals surface area contributed by atoms with Crippen LogP contribution in [0, 0.1) is 11.8 Å². The Bertz CT molecular complexity index is 235. The summed E-state index contributed by atoms with van der Waals surface area (Å²) in [7, 11) is 0. The van der Waals surface area contributed by atoms with Crippen LogP contribution in [0.3, 0.4) is 0 Å². The van der Waals surface area contributed by atoms with Crippen LogP contribution in [-0.2, 0) is 0 Å². The lowest BCUT2D eigenvalue weighted by Gasteiger charge is -2.39. The molecule has 2 fully saturated rings. The quantitative estimate of drug-likeness (QED) is 0.756. The number of hydrogen-bond acceptors (Lipinski definition) is 2. The van der Waals surface area contributed by atoms with Crippen LogP contribution in [0.25, 0.3) is 0 Å². The van der Waals surface area contributed by atoms with E-state index in [9.17, 15) is 0 Å². The minimum atomic E-state index is 0.756. The maximum Gasteiger partial charge on any atom is 0.0198 e. The molecule has 2 aliphatic rings. The van der Waals surface area contributed by atoms with E-state index in [0.717, 1.165) is 17.9 Å². The van der Waals surface area contributed by atoms with Crippen LogP contribution in [0.2, 0.25) is 0 Å². The van der Waals surface area contributed by atoms with Gasteiger partial charge in [0.2, 0.25) is 0 Å². The third kappa shape index (κ3) is 5.07. The lowest BCUT2D eigenvalue weighted by Crippen LogP contribution is -2.50. The van der Waals surface area contributed by atoms with E-state index >= 15 is 0 Å². The second kappa shape index (κ2) is 8.26. The first kappa shape index (κ1) is 15.3. The Morgan fingerprint density at radius 1 is 1.00 bits per heavy atom. The lowest BCUT2D eigenvalue weighted by atomic mass is 9.89. The summed E-state index contributed by atoms with van der Waals surface area (Å²) in [5, 5.41) is 3.77. The highest BCUT2D eigenvalue weighted by Crippen LogP contribution is 2.28. The van der Waals surface area contributed by atoms with Crippen LogP contribution in [0.4, 0.5) is 0 Å². The summed E-state index contributed by atoms with van der Waals surface area (Å²) >= 11 is 0. The highest BCUT2D eigenvalue weighted by Gasteiger charge is 2.28. The van der Waals surface area contributed by atoms with Gasteiger partial charge in [-0.15, -0.1) is 0 Å². The fourth-order valence-electron chi connectivity index (χ4n) is 4.12. The SMILES string of the molecule is CCCNC1CC(CCC)CN(CC2CCCC2)C1. The van der Waals surface area contributed by atoms with E-state index in [2.05, 4.69) is 24.1 Å². The summed E-state index contributed by atoms with van der Waals surface area (Å²) in [6.45, 7) is 9.86. The molecule has 19 heavy (non-hydrogen) atoms. The Balaban J connectivity index is 1.81. The van der Waals surface area contributed by atoms with E-state index in [1.54, 1.807) is 0 Å². The molecule has 2 rings (SSSR count). The van der Waals surface area contributed by atoms with Gasteiger partial charge in [0.25, 0.3) is 0 Å². The van der Waals surface area contributed by atoms with E-state index in [-0.39, 0.29) is 0 Å². The molecule has 1 N–H and O–H groups in total. The van der Waals surface area contributed by atoms with Crippen molar-refractivity contribution in [2.24, 2.45) is 11.8 Å². The molecule has 112 valence electrons. The van der Waals surface area contributed by atoms with Gasteiger partial charge in [0.1, 0.15) is 0 Å². The molecule has 1 aliphatic carbocycles.